The van der Waals surface area contributed by atoms with Crippen LogP contribution in [-0.2, 0) is 14.6 Å². The predicted molar refractivity (Wildman–Crippen MR) is 61.8 cm³/mol. The average molecular weight is 252 g/mol. The fourth-order valence-electron chi connectivity index (χ4n) is 1.26. The Morgan fingerprint density at radius 3 is 2.29 bits per heavy atom. The quantitative estimate of drug-likeness (QED) is 0.843. The molecule has 1 atom stereocenters. The van der Waals surface area contributed by atoms with Gasteiger partial charge in [-0.2, -0.15) is 5.26 Å². The van der Waals surface area contributed by atoms with Crippen LogP contribution < -0.4 is 5.32 Å². The van der Waals surface area contributed by atoms with E-state index in [1.165, 1.54) is 25.2 Å². The van der Waals surface area contributed by atoms with Crippen LogP contribution in [0.25, 0.3) is 0 Å². The summed E-state index contributed by atoms with van der Waals surface area (Å²) in [6.45, 7) is 1.82. The molecule has 17 heavy (non-hydrogen) atoms. The second-order valence-corrected chi connectivity index (χ2v) is 5.51. The highest BCUT2D eigenvalue weighted by atomic mass is 32.2. The third-order valence-corrected chi connectivity index (χ3v) is 4.13. The molecule has 0 aromatic heterocycles. The van der Waals surface area contributed by atoms with Crippen molar-refractivity contribution in [1.82, 2.24) is 5.32 Å². The van der Waals surface area contributed by atoms with Crippen molar-refractivity contribution < 1.29 is 13.2 Å². The zero-order chi connectivity index (χ0) is 13.1. The SMILES string of the molecule is CNC(=O)C(C#N)S(=O)(=O)c1ccc(C)cc1. The van der Waals surface area contributed by atoms with Gasteiger partial charge in [0.15, 0.2) is 0 Å². The number of carbonyl (C=O) groups is 1. The standard InChI is InChI=1S/C11H12N2O3S/c1-8-3-5-9(6-4-8)17(15,16)10(7-12)11(14)13-2/h3-6,10H,1-2H3,(H,13,14). The van der Waals surface area contributed by atoms with E-state index in [4.69, 9.17) is 5.26 Å². The second-order valence-electron chi connectivity index (χ2n) is 3.48. The van der Waals surface area contributed by atoms with E-state index < -0.39 is 21.0 Å². The summed E-state index contributed by atoms with van der Waals surface area (Å²) in [7, 11) is -2.66. The van der Waals surface area contributed by atoms with E-state index in [-0.39, 0.29) is 4.90 Å². The van der Waals surface area contributed by atoms with Crippen molar-refractivity contribution in [1.29, 1.82) is 5.26 Å². The highest BCUT2D eigenvalue weighted by Crippen LogP contribution is 2.16. The summed E-state index contributed by atoms with van der Waals surface area (Å²) in [4.78, 5) is 11.3. The van der Waals surface area contributed by atoms with Crippen LogP contribution in [0.1, 0.15) is 5.56 Å². The van der Waals surface area contributed by atoms with Crippen molar-refractivity contribution in [2.24, 2.45) is 0 Å². The Kier molecular flexibility index (Phi) is 3.86. The number of nitrogens with zero attached hydrogens (tertiary/aromatic N) is 1. The number of hydrogen-bond acceptors (Lipinski definition) is 4. The Balaban J connectivity index is 3.23. The molecule has 0 aliphatic rings. The predicted octanol–water partition coefficient (Wildman–Crippen LogP) is 0.407. The number of carbonyl (C=O) groups excluding carboxylic acids is 1. The van der Waals surface area contributed by atoms with Gasteiger partial charge < -0.3 is 5.32 Å². The molecule has 1 amide bonds. The Labute approximate surface area is 100.0 Å². The molecule has 0 aliphatic carbocycles. The third kappa shape index (κ3) is 2.63. The molecule has 6 heteroatoms. The molecule has 1 N–H and O–H groups in total. The van der Waals surface area contributed by atoms with Gasteiger partial charge in [-0.1, -0.05) is 17.7 Å². The lowest BCUT2D eigenvalue weighted by atomic mass is 10.2. The van der Waals surface area contributed by atoms with Crippen LogP contribution >= 0.6 is 0 Å². The Bertz CT molecular complexity index is 555. The summed E-state index contributed by atoms with van der Waals surface area (Å²) in [5, 5.41) is 9.24. The number of benzene rings is 1. The maximum absolute atomic E-state index is 12.0. The molecule has 0 heterocycles. The Morgan fingerprint density at radius 1 is 1.35 bits per heavy atom. The van der Waals surface area contributed by atoms with Crippen molar-refractivity contribution in [3.63, 3.8) is 0 Å². The summed E-state index contributed by atoms with van der Waals surface area (Å²) in [6.07, 6.45) is 0. The number of hydrogen-bond donors (Lipinski definition) is 1. The number of rotatable bonds is 3. The lowest BCUT2D eigenvalue weighted by molar-refractivity contribution is -0.119. The van der Waals surface area contributed by atoms with Crippen molar-refractivity contribution in [2.75, 3.05) is 7.05 Å². The molecule has 0 saturated heterocycles. The number of amides is 1. The summed E-state index contributed by atoms with van der Waals surface area (Å²) in [5.41, 5.74) is 0.900. The largest absolute Gasteiger partial charge is 0.357 e. The molecule has 90 valence electrons. The molecular weight excluding hydrogens is 240 g/mol. The van der Waals surface area contributed by atoms with E-state index in [9.17, 15) is 13.2 Å². The molecule has 1 unspecified atom stereocenters. The number of nitriles is 1. The smallest absolute Gasteiger partial charge is 0.253 e. The molecule has 0 fully saturated rings. The van der Waals surface area contributed by atoms with Gasteiger partial charge in [-0.25, -0.2) is 8.42 Å². The van der Waals surface area contributed by atoms with Gasteiger partial charge in [-0.05, 0) is 19.1 Å². The minimum atomic E-state index is -3.95. The minimum absolute atomic E-state index is 0.0294. The van der Waals surface area contributed by atoms with E-state index in [1.54, 1.807) is 12.1 Å². The lowest BCUT2D eigenvalue weighted by Crippen LogP contribution is -2.37. The minimum Gasteiger partial charge on any atom is -0.357 e. The second kappa shape index (κ2) is 4.97. The number of aryl methyl sites for hydroxylation is 1. The van der Waals surface area contributed by atoms with Gasteiger partial charge in [0, 0.05) is 7.05 Å². The maximum atomic E-state index is 12.0. The van der Waals surface area contributed by atoms with Gasteiger partial charge in [0.1, 0.15) is 0 Å². The molecule has 0 radical (unpaired) electrons. The molecule has 1 aromatic carbocycles. The molecule has 0 spiro atoms. The van der Waals surface area contributed by atoms with Crippen molar-refractivity contribution >= 4 is 15.7 Å². The zero-order valence-corrected chi connectivity index (χ0v) is 10.3. The molecule has 1 aromatic rings. The van der Waals surface area contributed by atoms with Gasteiger partial charge in [0.05, 0.1) is 11.0 Å². The highest BCUT2D eigenvalue weighted by molar-refractivity contribution is 7.93. The average Bonchev–Trinajstić information content (AvgIpc) is 2.29. The third-order valence-electron chi connectivity index (χ3n) is 2.26. The number of nitrogens with one attached hydrogen (secondary N) is 1. The zero-order valence-electron chi connectivity index (χ0n) is 9.47. The molecular formula is C11H12N2O3S. The lowest BCUT2D eigenvalue weighted by Gasteiger charge is -2.09. The van der Waals surface area contributed by atoms with E-state index in [0.29, 0.717) is 0 Å². The summed E-state index contributed by atoms with van der Waals surface area (Å²) in [6, 6.07) is 7.51. The van der Waals surface area contributed by atoms with Crippen molar-refractivity contribution in [2.45, 2.75) is 17.1 Å². The molecule has 0 bridgehead atoms. The van der Waals surface area contributed by atoms with E-state index >= 15 is 0 Å². The monoisotopic (exact) mass is 252 g/mol. The van der Waals surface area contributed by atoms with Crippen LogP contribution in [0.4, 0.5) is 0 Å². The Morgan fingerprint density at radius 2 is 1.88 bits per heavy atom. The maximum Gasteiger partial charge on any atom is 0.253 e. The Hall–Kier alpha value is -1.87. The molecule has 5 nitrogen and oxygen atoms in total. The number of sulfone groups is 1. The first kappa shape index (κ1) is 13.2. The van der Waals surface area contributed by atoms with Crippen LogP contribution in [0.5, 0.6) is 0 Å². The van der Waals surface area contributed by atoms with Gasteiger partial charge >= 0.3 is 0 Å². The van der Waals surface area contributed by atoms with Gasteiger partial charge in [0.2, 0.25) is 15.1 Å². The normalized spacial score (nSPS) is 12.5. The van der Waals surface area contributed by atoms with Crippen LogP contribution in [0.2, 0.25) is 0 Å². The molecule has 0 aliphatic heterocycles. The molecule has 0 saturated carbocycles. The van der Waals surface area contributed by atoms with Crippen LogP contribution in [0.3, 0.4) is 0 Å². The van der Waals surface area contributed by atoms with Crippen LogP contribution in [0.15, 0.2) is 29.2 Å². The first-order chi connectivity index (χ1) is 7.93. The first-order valence-electron chi connectivity index (χ1n) is 4.85. The van der Waals surface area contributed by atoms with Gasteiger partial charge in [-0.15, -0.1) is 0 Å². The fraction of sp³-hybridized carbons (Fsp3) is 0.273. The summed E-state index contributed by atoms with van der Waals surface area (Å²) in [5.74, 6) is -0.826. The van der Waals surface area contributed by atoms with Crippen LogP contribution in [-0.4, -0.2) is 26.6 Å². The van der Waals surface area contributed by atoms with E-state index in [0.717, 1.165) is 5.56 Å². The van der Waals surface area contributed by atoms with E-state index in [1.807, 2.05) is 6.92 Å². The van der Waals surface area contributed by atoms with E-state index in [2.05, 4.69) is 5.32 Å². The highest BCUT2D eigenvalue weighted by Gasteiger charge is 2.33. The topological polar surface area (TPSA) is 87.0 Å². The van der Waals surface area contributed by atoms with Crippen LogP contribution in [0, 0.1) is 18.3 Å². The van der Waals surface area contributed by atoms with Crippen molar-refractivity contribution in [3.8, 4) is 6.07 Å². The summed E-state index contributed by atoms with van der Waals surface area (Å²) < 4.78 is 24.0. The fourth-order valence-corrected chi connectivity index (χ4v) is 2.59. The first-order valence-corrected chi connectivity index (χ1v) is 6.40. The van der Waals surface area contributed by atoms with Gasteiger partial charge in [-0.3, -0.25) is 4.79 Å². The summed E-state index contributed by atoms with van der Waals surface area (Å²) >= 11 is 0. The van der Waals surface area contributed by atoms with Crippen molar-refractivity contribution in [3.05, 3.63) is 29.8 Å². The molecule has 1 rings (SSSR count). The van der Waals surface area contributed by atoms with Gasteiger partial charge in [0.25, 0.3) is 5.91 Å².